The summed E-state index contributed by atoms with van der Waals surface area (Å²) in [7, 11) is 0. The summed E-state index contributed by atoms with van der Waals surface area (Å²) in [6.07, 6.45) is 1.06. The lowest BCUT2D eigenvalue weighted by Gasteiger charge is -2.06. The van der Waals surface area contributed by atoms with Gasteiger partial charge in [-0.1, -0.05) is 55.5 Å². The number of hydrogen-bond acceptors (Lipinski definition) is 1. The summed E-state index contributed by atoms with van der Waals surface area (Å²) in [5.74, 6) is 0.108. The molecule has 1 heteroatoms. The molecule has 0 aliphatic rings. The maximum atomic E-state index is 11.4. The molecule has 3 rings (SSSR count). The molecule has 0 unspecified atom stereocenters. The van der Waals surface area contributed by atoms with Crippen molar-refractivity contribution in [1.29, 1.82) is 0 Å². The zero-order valence-electron chi connectivity index (χ0n) is 12.4. The molecule has 0 spiro atoms. The van der Waals surface area contributed by atoms with Gasteiger partial charge in [0.15, 0.2) is 5.78 Å². The standard InChI is InChI=1S/C20H18O/c1-3-15-4-6-16(7-5-15)18-10-11-19-12-17(14(2)21)8-9-20(19)13-18/h4-13H,3H2,1-2H3. The smallest absolute Gasteiger partial charge is 0.159 e. The van der Waals surface area contributed by atoms with Gasteiger partial charge in [0.05, 0.1) is 0 Å². The number of hydrogen-bond donors (Lipinski definition) is 0. The predicted molar refractivity (Wildman–Crippen MR) is 88.8 cm³/mol. The van der Waals surface area contributed by atoms with Crippen molar-refractivity contribution < 1.29 is 4.79 Å². The monoisotopic (exact) mass is 274 g/mol. The van der Waals surface area contributed by atoms with Crippen LogP contribution in [-0.2, 0) is 6.42 Å². The van der Waals surface area contributed by atoms with Crippen LogP contribution in [0.4, 0.5) is 0 Å². The molecular formula is C20H18O. The van der Waals surface area contributed by atoms with Crippen LogP contribution in [0.2, 0.25) is 0 Å². The van der Waals surface area contributed by atoms with Crippen LogP contribution >= 0.6 is 0 Å². The van der Waals surface area contributed by atoms with Crippen molar-refractivity contribution in [2.45, 2.75) is 20.3 Å². The first-order valence-corrected chi connectivity index (χ1v) is 7.31. The van der Waals surface area contributed by atoms with Crippen molar-refractivity contribution in [2.75, 3.05) is 0 Å². The molecule has 0 heterocycles. The number of ketones is 1. The van der Waals surface area contributed by atoms with Crippen LogP contribution in [0.5, 0.6) is 0 Å². The maximum absolute atomic E-state index is 11.4. The summed E-state index contributed by atoms with van der Waals surface area (Å²) < 4.78 is 0. The molecular weight excluding hydrogens is 256 g/mol. The van der Waals surface area contributed by atoms with Gasteiger partial charge in [0.1, 0.15) is 0 Å². The van der Waals surface area contributed by atoms with E-state index in [1.807, 2.05) is 18.2 Å². The summed E-state index contributed by atoms with van der Waals surface area (Å²) in [6, 6.07) is 21.0. The molecule has 0 radical (unpaired) electrons. The molecule has 0 saturated heterocycles. The normalized spacial score (nSPS) is 10.8. The average Bonchev–Trinajstić information content (AvgIpc) is 2.54. The first-order valence-electron chi connectivity index (χ1n) is 7.31. The van der Waals surface area contributed by atoms with Crippen molar-refractivity contribution in [1.82, 2.24) is 0 Å². The van der Waals surface area contributed by atoms with Crippen LogP contribution in [-0.4, -0.2) is 5.78 Å². The first kappa shape index (κ1) is 13.6. The zero-order chi connectivity index (χ0) is 14.8. The van der Waals surface area contributed by atoms with Gasteiger partial charge in [0, 0.05) is 5.56 Å². The Balaban J connectivity index is 2.04. The molecule has 0 aromatic heterocycles. The summed E-state index contributed by atoms with van der Waals surface area (Å²) in [6.45, 7) is 3.77. The van der Waals surface area contributed by atoms with Crippen molar-refractivity contribution in [2.24, 2.45) is 0 Å². The number of fused-ring (bicyclic) bond motifs is 1. The van der Waals surface area contributed by atoms with Gasteiger partial charge in [-0.3, -0.25) is 4.79 Å². The Morgan fingerprint density at radius 2 is 1.43 bits per heavy atom. The molecule has 0 N–H and O–H groups in total. The fraction of sp³-hybridized carbons (Fsp3) is 0.150. The van der Waals surface area contributed by atoms with Gasteiger partial charge in [-0.05, 0) is 52.9 Å². The Hall–Kier alpha value is -2.41. The van der Waals surface area contributed by atoms with Gasteiger partial charge >= 0.3 is 0 Å². The summed E-state index contributed by atoms with van der Waals surface area (Å²) in [5, 5.41) is 2.27. The van der Waals surface area contributed by atoms with Crippen molar-refractivity contribution in [3.05, 3.63) is 71.8 Å². The van der Waals surface area contributed by atoms with Crippen LogP contribution in [0.15, 0.2) is 60.7 Å². The summed E-state index contributed by atoms with van der Waals surface area (Å²) in [4.78, 5) is 11.4. The summed E-state index contributed by atoms with van der Waals surface area (Å²) >= 11 is 0. The molecule has 104 valence electrons. The number of aryl methyl sites for hydroxylation is 1. The third kappa shape index (κ3) is 2.73. The van der Waals surface area contributed by atoms with E-state index in [2.05, 4.69) is 49.4 Å². The number of Topliss-reactive ketones (excluding diaryl/α,β-unsaturated/α-hetero) is 1. The molecule has 0 bridgehead atoms. The summed E-state index contributed by atoms with van der Waals surface area (Å²) in [5.41, 5.74) is 4.55. The van der Waals surface area contributed by atoms with E-state index >= 15 is 0 Å². The lowest BCUT2D eigenvalue weighted by atomic mass is 9.98. The molecule has 3 aromatic rings. The number of benzene rings is 3. The lowest BCUT2D eigenvalue weighted by molar-refractivity contribution is 0.101. The van der Waals surface area contributed by atoms with Crippen LogP contribution in [0.1, 0.15) is 29.8 Å². The highest BCUT2D eigenvalue weighted by Crippen LogP contribution is 2.25. The van der Waals surface area contributed by atoms with Gasteiger partial charge in [-0.2, -0.15) is 0 Å². The fourth-order valence-electron chi connectivity index (χ4n) is 2.58. The Morgan fingerprint density at radius 1 is 0.810 bits per heavy atom. The van der Waals surface area contributed by atoms with Gasteiger partial charge in [-0.15, -0.1) is 0 Å². The lowest BCUT2D eigenvalue weighted by Crippen LogP contribution is -1.91. The van der Waals surface area contributed by atoms with E-state index in [9.17, 15) is 4.79 Å². The van der Waals surface area contributed by atoms with Crippen molar-refractivity contribution in [3.8, 4) is 11.1 Å². The van der Waals surface area contributed by atoms with Gasteiger partial charge in [0.25, 0.3) is 0 Å². The molecule has 0 atom stereocenters. The van der Waals surface area contributed by atoms with Crippen LogP contribution in [0.3, 0.4) is 0 Å². The average molecular weight is 274 g/mol. The van der Waals surface area contributed by atoms with Crippen LogP contribution in [0, 0.1) is 0 Å². The molecule has 0 saturated carbocycles. The topological polar surface area (TPSA) is 17.1 Å². The minimum absolute atomic E-state index is 0.108. The fourth-order valence-corrected chi connectivity index (χ4v) is 2.58. The molecule has 0 aliphatic carbocycles. The van der Waals surface area contributed by atoms with E-state index in [4.69, 9.17) is 0 Å². The maximum Gasteiger partial charge on any atom is 0.159 e. The van der Waals surface area contributed by atoms with Crippen molar-refractivity contribution in [3.63, 3.8) is 0 Å². The van der Waals surface area contributed by atoms with E-state index in [1.165, 1.54) is 16.7 Å². The number of carbonyl (C=O) groups excluding carboxylic acids is 1. The zero-order valence-corrected chi connectivity index (χ0v) is 12.4. The Bertz CT molecular complexity index is 798. The third-order valence-corrected chi connectivity index (χ3v) is 3.94. The highest BCUT2D eigenvalue weighted by Gasteiger charge is 2.03. The van der Waals surface area contributed by atoms with E-state index < -0.39 is 0 Å². The third-order valence-electron chi connectivity index (χ3n) is 3.94. The van der Waals surface area contributed by atoms with Gasteiger partial charge < -0.3 is 0 Å². The second kappa shape index (κ2) is 5.53. The minimum atomic E-state index is 0.108. The molecule has 1 nitrogen and oxygen atoms in total. The predicted octanol–water partition coefficient (Wildman–Crippen LogP) is 5.27. The second-order valence-electron chi connectivity index (χ2n) is 5.38. The first-order chi connectivity index (χ1) is 10.2. The van der Waals surface area contributed by atoms with Crippen molar-refractivity contribution >= 4 is 16.6 Å². The van der Waals surface area contributed by atoms with E-state index in [1.54, 1.807) is 6.92 Å². The number of rotatable bonds is 3. The van der Waals surface area contributed by atoms with Crippen LogP contribution in [0.25, 0.3) is 21.9 Å². The molecule has 0 fully saturated rings. The van der Waals surface area contributed by atoms with E-state index in [0.29, 0.717) is 0 Å². The van der Waals surface area contributed by atoms with E-state index in [0.717, 1.165) is 22.8 Å². The number of carbonyl (C=O) groups is 1. The highest BCUT2D eigenvalue weighted by atomic mass is 16.1. The quantitative estimate of drug-likeness (QED) is 0.594. The molecule has 0 aliphatic heterocycles. The van der Waals surface area contributed by atoms with Gasteiger partial charge in [0.2, 0.25) is 0 Å². The second-order valence-corrected chi connectivity index (χ2v) is 5.38. The molecule has 21 heavy (non-hydrogen) atoms. The van der Waals surface area contributed by atoms with Crippen LogP contribution < -0.4 is 0 Å². The Kier molecular flexibility index (Phi) is 3.57. The Labute approximate surface area is 125 Å². The largest absolute Gasteiger partial charge is 0.295 e. The minimum Gasteiger partial charge on any atom is -0.295 e. The van der Waals surface area contributed by atoms with E-state index in [-0.39, 0.29) is 5.78 Å². The molecule has 3 aromatic carbocycles. The molecule has 0 amide bonds. The highest BCUT2D eigenvalue weighted by molar-refractivity contribution is 5.99. The Morgan fingerprint density at radius 3 is 2.10 bits per heavy atom. The SMILES string of the molecule is CCc1ccc(-c2ccc3cc(C(C)=O)ccc3c2)cc1. The van der Waals surface area contributed by atoms with Gasteiger partial charge in [-0.25, -0.2) is 0 Å².